The summed E-state index contributed by atoms with van der Waals surface area (Å²) in [6.45, 7) is 2.70. The lowest BCUT2D eigenvalue weighted by atomic mass is 10.2. The third-order valence-corrected chi connectivity index (χ3v) is 2.76. The maximum atomic E-state index is 5.54. The Morgan fingerprint density at radius 1 is 1.67 bits per heavy atom. The summed E-state index contributed by atoms with van der Waals surface area (Å²) in [5, 5.41) is 7.37. The van der Waals surface area contributed by atoms with Gasteiger partial charge >= 0.3 is 0 Å². The number of ether oxygens (including phenoxy) is 1. The van der Waals surface area contributed by atoms with Crippen molar-refractivity contribution in [1.82, 2.24) is 20.1 Å². The van der Waals surface area contributed by atoms with Crippen LogP contribution in [-0.4, -0.2) is 34.0 Å². The minimum atomic E-state index is 0.469. The van der Waals surface area contributed by atoms with Gasteiger partial charge in [-0.2, -0.15) is 5.10 Å². The van der Waals surface area contributed by atoms with Crippen LogP contribution in [0.2, 0.25) is 0 Å². The first kappa shape index (κ1) is 10.6. The van der Waals surface area contributed by atoms with Crippen molar-refractivity contribution < 1.29 is 4.74 Å². The van der Waals surface area contributed by atoms with Crippen LogP contribution in [0.3, 0.4) is 0 Å². The smallest absolute Gasteiger partial charge is 0.140 e. The molecule has 5 heteroatoms. The minimum Gasteiger partial charge on any atom is -0.378 e. The Morgan fingerprint density at radius 2 is 2.60 bits per heavy atom. The summed E-state index contributed by atoms with van der Waals surface area (Å²) in [6.07, 6.45) is 5.58. The van der Waals surface area contributed by atoms with Crippen LogP contribution in [0.15, 0.2) is 6.33 Å². The molecule has 1 aliphatic rings. The molecule has 15 heavy (non-hydrogen) atoms. The molecule has 0 saturated carbocycles. The fraction of sp³-hybridized carbons (Fsp3) is 0.800. The molecule has 1 unspecified atom stereocenters. The van der Waals surface area contributed by atoms with E-state index in [0.717, 1.165) is 31.9 Å². The van der Waals surface area contributed by atoms with Gasteiger partial charge in [0, 0.05) is 13.7 Å². The highest BCUT2D eigenvalue weighted by Crippen LogP contribution is 2.14. The van der Waals surface area contributed by atoms with Gasteiger partial charge < -0.3 is 10.1 Å². The number of aryl methyl sites for hydroxylation is 1. The van der Waals surface area contributed by atoms with Gasteiger partial charge in [-0.3, -0.25) is 4.68 Å². The van der Waals surface area contributed by atoms with E-state index in [1.807, 2.05) is 7.05 Å². The van der Waals surface area contributed by atoms with Crippen molar-refractivity contribution in [3.63, 3.8) is 0 Å². The van der Waals surface area contributed by atoms with E-state index in [4.69, 9.17) is 4.74 Å². The fourth-order valence-corrected chi connectivity index (χ4v) is 1.82. The lowest BCUT2D eigenvalue weighted by Gasteiger charge is -2.09. The maximum absolute atomic E-state index is 5.54. The first-order valence-electron chi connectivity index (χ1n) is 5.51. The Bertz CT molecular complexity index is 293. The Kier molecular flexibility index (Phi) is 3.69. The van der Waals surface area contributed by atoms with E-state index >= 15 is 0 Å². The second kappa shape index (κ2) is 5.23. The highest BCUT2D eigenvalue weighted by Gasteiger charge is 2.14. The first-order chi connectivity index (χ1) is 7.36. The quantitative estimate of drug-likeness (QED) is 0.718. The molecule has 1 fully saturated rings. The van der Waals surface area contributed by atoms with Crippen LogP contribution in [0.25, 0.3) is 0 Å². The van der Waals surface area contributed by atoms with Gasteiger partial charge in [0.15, 0.2) is 0 Å². The Hall–Kier alpha value is -0.940. The topological polar surface area (TPSA) is 52.0 Å². The summed E-state index contributed by atoms with van der Waals surface area (Å²) in [6, 6.07) is 0. The predicted molar refractivity (Wildman–Crippen MR) is 56.3 cm³/mol. The summed E-state index contributed by atoms with van der Waals surface area (Å²) in [7, 11) is 1.91. The van der Waals surface area contributed by atoms with Crippen LogP contribution in [0.1, 0.15) is 25.1 Å². The summed E-state index contributed by atoms with van der Waals surface area (Å²) >= 11 is 0. The van der Waals surface area contributed by atoms with E-state index in [1.165, 1.54) is 12.8 Å². The van der Waals surface area contributed by atoms with Crippen LogP contribution >= 0.6 is 0 Å². The third-order valence-electron chi connectivity index (χ3n) is 2.76. The molecule has 1 aromatic rings. The van der Waals surface area contributed by atoms with Gasteiger partial charge in [-0.25, -0.2) is 4.98 Å². The van der Waals surface area contributed by atoms with E-state index in [-0.39, 0.29) is 0 Å². The molecule has 0 bridgehead atoms. The normalized spacial score (nSPS) is 21.0. The number of nitrogens with zero attached hydrogens (tertiary/aromatic N) is 3. The highest BCUT2D eigenvalue weighted by molar-refractivity contribution is 4.82. The Balaban J connectivity index is 1.60. The van der Waals surface area contributed by atoms with Crippen LogP contribution in [0, 0.1) is 0 Å². The molecule has 0 radical (unpaired) electrons. The molecule has 2 rings (SSSR count). The zero-order chi connectivity index (χ0) is 10.5. The molecule has 0 aliphatic carbocycles. The van der Waals surface area contributed by atoms with Crippen molar-refractivity contribution in [2.45, 2.75) is 31.9 Å². The van der Waals surface area contributed by atoms with Crippen molar-refractivity contribution in [1.29, 1.82) is 0 Å². The Labute approximate surface area is 89.8 Å². The SMILES string of the molecule is Cn1ncnc1CNCCC1CCCO1. The molecule has 0 spiro atoms. The second-order valence-corrected chi connectivity index (χ2v) is 3.90. The van der Waals surface area contributed by atoms with Gasteiger partial charge in [-0.05, 0) is 25.8 Å². The molecular weight excluding hydrogens is 192 g/mol. The average molecular weight is 210 g/mol. The Morgan fingerprint density at radius 3 is 3.27 bits per heavy atom. The number of hydrogen-bond acceptors (Lipinski definition) is 4. The summed E-state index contributed by atoms with van der Waals surface area (Å²) < 4.78 is 7.33. The zero-order valence-corrected chi connectivity index (χ0v) is 9.15. The summed E-state index contributed by atoms with van der Waals surface area (Å²) in [5.41, 5.74) is 0. The zero-order valence-electron chi connectivity index (χ0n) is 9.15. The first-order valence-corrected chi connectivity index (χ1v) is 5.51. The van der Waals surface area contributed by atoms with Gasteiger partial charge in [-0.15, -0.1) is 0 Å². The number of hydrogen-bond donors (Lipinski definition) is 1. The van der Waals surface area contributed by atoms with Gasteiger partial charge in [0.1, 0.15) is 12.2 Å². The van der Waals surface area contributed by atoms with Crippen molar-refractivity contribution >= 4 is 0 Å². The molecule has 1 aliphatic heterocycles. The van der Waals surface area contributed by atoms with Crippen molar-refractivity contribution in [3.05, 3.63) is 12.2 Å². The molecule has 1 atom stereocenters. The molecule has 0 aromatic carbocycles. The van der Waals surface area contributed by atoms with Crippen LogP contribution in [0.5, 0.6) is 0 Å². The third kappa shape index (κ3) is 3.00. The van der Waals surface area contributed by atoms with Crippen LogP contribution in [-0.2, 0) is 18.3 Å². The van der Waals surface area contributed by atoms with E-state index < -0.39 is 0 Å². The molecule has 84 valence electrons. The lowest BCUT2D eigenvalue weighted by Crippen LogP contribution is -2.21. The fourth-order valence-electron chi connectivity index (χ4n) is 1.82. The standard InChI is InChI=1S/C10H18N4O/c1-14-10(12-8-13-14)7-11-5-4-9-3-2-6-15-9/h8-9,11H,2-7H2,1H3. The maximum Gasteiger partial charge on any atom is 0.140 e. The average Bonchev–Trinajstić information content (AvgIpc) is 2.85. The summed E-state index contributed by atoms with van der Waals surface area (Å²) in [5.74, 6) is 0.974. The van der Waals surface area contributed by atoms with Gasteiger partial charge in [0.05, 0.1) is 12.6 Å². The predicted octanol–water partition coefficient (Wildman–Crippen LogP) is 0.474. The van der Waals surface area contributed by atoms with E-state index in [2.05, 4.69) is 15.4 Å². The number of nitrogens with one attached hydrogen (secondary N) is 1. The minimum absolute atomic E-state index is 0.469. The van der Waals surface area contributed by atoms with Crippen molar-refractivity contribution in [2.75, 3.05) is 13.2 Å². The number of rotatable bonds is 5. The van der Waals surface area contributed by atoms with E-state index in [0.29, 0.717) is 6.10 Å². The van der Waals surface area contributed by atoms with Gasteiger partial charge in [0.2, 0.25) is 0 Å². The molecule has 1 aromatic heterocycles. The molecule has 1 N–H and O–H groups in total. The van der Waals surface area contributed by atoms with Crippen molar-refractivity contribution in [2.24, 2.45) is 7.05 Å². The molecule has 0 amide bonds. The molecule has 5 nitrogen and oxygen atoms in total. The lowest BCUT2D eigenvalue weighted by molar-refractivity contribution is 0.104. The van der Waals surface area contributed by atoms with E-state index in [1.54, 1.807) is 11.0 Å². The van der Waals surface area contributed by atoms with Crippen molar-refractivity contribution in [3.8, 4) is 0 Å². The highest BCUT2D eigenvalue weighted by atomic mass is 16.5. The number of aromatic nitrogens is 3. The second-order valence-electron chi connectivity index (χ2n) is 3.90. The molecular formula is C10H18N4O. The van der Waals surface area contributed by atoms with Crippen LogP contribution in [0.4, 0.5) is 0 Å². The monoisotopic (exact) mass is 210 g/mol. The van der Waals surface area contributed by atoms with Gasteiger partial charge in [-0.1, -0.05) is 0 Å². The van der Waals surface area contributed by atoms with Crippen LogP contribution < -0.4 is 5.32 Å². The van der Waals surface area contributed by atoms with E-state index in [9.17, 15) is 0 Å². The molecule has 1 saturated heterocycles. The summed E-state index contributed by atoms with van der Waals surface area (Å²) in [4.78, 5) is 4.14. The largest absolute Gasteiger partial charge is 0.378 e. The van der Waals surface area contributed by atoms with Gasteiger partial charge in [0.25, 0.3) is 0 Å². The molecule has 2 heterocycles.